The number of hydrogen-bond acceptors (Lipinski definition) is 8. The Morgan fingerprint density at radius 2 is 1.83 bits per heavy atom. The number of nitrogens with zero attached hydrogens (tertiary/aromatic N) is 2. The number of carbonyl (C=O) groups is 2. The third kappa shape index (κ3) is 5.07. The second-order valence-electron chi connectivity index (χ2n) is 7.61. The molecule has 0 bridgehead atoms. The quantitative estimate of drug-likeness (QED) is 0.485. The maximum Gasteiger partial charge on any atom is 0.281 e. The lowest BCUT2D eigenvalue weighted by atomic mass is 10.0. The van der Waals surface area contributed by atoms with E-state index in [9.17, 15) is 9.59 Å². The number of ether oxygens (including phenoxy) is 4. The zero-order valence-corrected chi connectivity index (χ0v) is 20.3. The monoisotopic (exact) mass is 495 g/mol. The molecule has 1 aliphatic heterocycles. The predicted molar refractivity (Wildman–Crippen MR) is 132 cm³/mol. The van der Waals surface area contributed by atoms with E-state index in [0.29, 0.717) is 23.7 Å². The van der Waals surface area contributed by atoms with Crippen molar-refractivity contribution >= 4 is 28.9 Å². The van der Waals surface area contributed by atoms with Crippen molar-refractivity contribution < 1.29 is 28.5 Å². The summed E-state index contributed by atoms with van der Waals surface area (Å²) in [6.07, 6.45) is 0.521. The molecule has 3 aromatic rings. The first-order valence-electron chi connectivity index (χ1n) is 10.7. The third-order valence-corrected chi connectivity index (χ3v) is 6.49. The van der Waals surface area contributed by atoms with Crippen LogP contribution < -0.4 is 24.7 Å². The first-order valence-corrected chi connectivity index (χ1v) is 11.6. The van der Waals surface area contributed by atoms with Crippen molar-refractivity contribution in [2.75, 3.05) is 27.9 Å². The summed E-state index contributed by atoms with van der Waals surface area (Å²) in [6, 6.07) is 13.7. The number of primary amides is 1. The number of amides is 2. The van der Waals surface area contributed by atoms with Crippen LogP contribution >= 0.6 is 11.3 Å². The minimum absolute atomic E-state index is 0.152. The lowest BCUT2D eigenvalue weighted by Crippen LogP contribution is -2.31. The Balaban J connectivity index is 1.62. The summed E-state index contributed by atoms with van der Waals surface area (Å²) in [6.45, 7) is -0.349. The molecule has 4 rings (SSSR count). The van der Waals surface area contributed by atoms with Crippen LogP contribution in [0.3, 0.4) is 0 Å². The maximum atomic E-state index is 13.3. The van der Waals surface area contributed by atoms with E-state index >= 15 is 0 Å². The van der Waals surface area contributed by atoms with Crippen molar-refractivity contribution in [1.29, 1.82) is 0 Å². The first-order chi connectivity index (χ1) is 16.9. The third-order valence-electron chi connectivity index (χ3n) is 5.57. The molecule has 0 saturated carbocycles. The summed E-state index contributed by atoms with van der Waals surface area (Å²) in [5.41, 5.74) is 7.25. The molecule has 10 heteroatoms. The molecule has 1 aliphatic rings. The standard InChI is InChI=1S/C25H25N3O6S/c1-31-16-7-8-17(25(26)30)21(12-16)34-14-24(29)28-19(13-18(27-28)23-5-4-10-35-23)15-6-9-20(32-2)22(11-15)33-3/h4-12,19H,13-14H2,1-3H3,(H2,26,30). The van der Waals surface area contributed by atoms with Gasteiger partial charge in [-0.15, -0.1) is 11.3 Å². The second-order valence-corrected chi connectivity index (χ2v) is 8.56. The van der Waals surface area contributed by atoms with Gasteiger partial charge >= 0.3 is 0 Å². The molecule has 0 radical (unpaired) electrons. The molecule has 1 unspecified atom stereocenters. The van der Waals surface area contributed by atoms with Crippen LogP contribution in [0.1, 0.15) is 33.3 Å². The predicted octanol–water partition coefficient (Wildman–Crippen LogP) is 3.63. The highest BCUT2D eigenvalue weighted by Gasteiger charge is 2.34. The SMILES string of the molecule is COc1ccc(C(N)=O)c(OCC(=O)N2N=C(c3cccs3)CC2c2ccc(OC)c(OC)c2)c1. The van der Waals surface area contributed by atoms with Gasteiger partial charge in [-0.3, -0.25) is 9.59 Å². The molecule has 0 aliphatic carbocycles. The van der Waals surface area contributed by atoms with Gasteiger partial charge in [-0.2, -0.15) is 5.10 Å². The number of benzene rings is 2. The van der Waals surface area contributed by atoms with Crippen molar-refractivity contribution in [2.45, 2.75) is 12.5 Å². The molecule has 1 atom stereocenters. The van der Waals surface area contributed by atoms with Gasteiger partial charge in [-0.05, 0) is 41.3 Å². The fraction of sp³-hybridized carbons (Fsp3) is 0.240. The molecular formula is C25H25N3O6S. The largest absolute Gasteiger partial charge is 0.497 e. The molecule has 35 heavy (non-hydrogen) atoms. The topological polar surface area (TPSA) is 113 Å². The molecular weight excluding hydrogens is 470 g/mol. The number of carbonyl (C=O) groups excluding carboxylic acids is 2. The first kappa shape index (κ1) is 24.1. The van der Waals surface area contributed by atoms with Crippen LogP contribution in [0, 0.1) is 0 Å². The molecule has 182 valence electrons. The fourth-order valence-electron chi connectivity index (χ4n) is 3.81. The highest BCUT2D eigenvalue weighted by molar-refractivity contribution is 7.12. The number of hydrogen-bond donors (Lipinski definition) is 1. The molecule has 0 fully saturated rings. The zero-order chi connectivity index (χ0) is 24.9. The Kier molecular flexibility index (Phi) is 7.21. The van der Waals surface area contributed by atoms with E-state index in [2.05, 4.69) is 5.10 Å². The van der Waals surface area contributed by atoms with Crippen molar-refractivity contribution in [1.82, 2.24) is 5.01 Å². The van der Waals surface area contributed by atoms with Gasteiger partial charge in [0.1, 0.15) is 11.5 Å². The normalized spacial score (nSPS) is 14.9. The Morgan fingerprint density at radius 1 is 1.03 bits per heavy atom. The van der Waals surface area contributed by atoms with Gasteiger partial charge in [0.05, 0.1) is 43.5 Å². The number of hydrazone groups is 1. The summed E-state index contributed by atoms with van der Waals surface area (Å²) in [7, 11) is 4.62. The average Bonchev–Trinajstić information content (AvgIpc) is 3.57. The minimum Gasteiger partial charge on any atom is -0.497 e. The number of nitrogens with two attached hydrogens (primary N) is 1. The van der Waals surface area contributed by atoms with Gasteiger partial charge < -0.3 is 24.7 Å². The van der Waals surface area contributed by atoms with Crippen LogP contribution in [-0.2, 0) is 4.79 Å². The highest BCUT2D eigenvalue weighted by atomic mass is 32.1. The zero-order valence-electron chi connectivity index (χ0n) is 19.5. The summed E-state index contributed by atoms with van der Waals surface area (Å²) in [5, 5.41) is 8.01. The second kappa shape index (κ2) is 10.5. The molecule has 9 nitrogen and oxygen atoms in total. The Hall–Kier alpha value is -4.05. The van der Waals surface area contributed by atoms with E-state index in [1.54, 1.807) is 37.7 Å². The van der Waals surface area contributed by atoms with E-state index in [1.807, 2.05) is 29.6 Å². The average molecular weight is 496 g/mol. The Morgan fingerprint density at radius 3 is 2.49 bits per heavy atom. The summed E-state index contributed by atoms with van der Waals surface area (Å²) in [4.78, 5) is 26.1. The van der Waals surface area contributed by atoms with E-state index in [-0.39, 0.29) is 29.9 Å². The fourth-order valence-corrected chi connectivity index (χ4v) is 4.53. The van der Waals surface area contributed by atoms with Gasteiger partial charge in [0.2, 0.25) is 0 Å². The van der Waals surface area contributed by atoms with E-state index < -0.39 is 5.91 Å². The number of methoxy groups -OCH3 is 3. The van der Waals surface area contributed by atoms with Crippen LogP contribution in [0.4, 0.5) is 0 Å². The van der Waals surface area contributed by atoms with Crippen molar-refractivity contribution in [3.63, 3.8) is 0 Å². The molecule has 2 amide bonds. The van der Waals surface area contributed by atoms with E-state index in [0.717, 1.165) is 16.2 Å². The van der Waals surface area contributed by atoms with Crippen molar-refractivity contribution in [3.8, 4) is 23.0 Å². The number of rotatable bonds is 9. The maximum absolute atomic E-state index is 13.3. The minimum atomic E-state index is -0.669. The van der Waals surface area contributed by atoms with Crippen LogP contribution in [0.15, 0.2) is 59.0 Å². The van der Waals surface area contributed by atoms with E-state index in [4.69, 9.17) is 24.7 Å². The lowest BCUT2D eigenvalue weighted by molar-refractivity contribution is -0.135. The van der Waals surface area contributed by atoms with Gasteiger partial charge in [0.25, 0.3) is 11.8 Å². The van der Waals surface area contributed by atoms with Gasteiger partial charge in [0, 0.05) is 12.5 Å². The summed E-state index contributed by atoms with van der Waals surface area (Å²) < 4.78 is 21.7. The molecule has 0 saturated heterocycles. The van der Waals surface area contributed by atoms with Crippen LogP contribution in [-0.4, -0.2) is 50.5 Å². The van der Waals surface area contributed by atoms with Gasteiger partial charge in [0.15, 0.2) is 18.1 Å². The van der Waals surface area contributed by atoms with Gasteiger partial charge in [-0.25, -0.2) is 5.01 Å². The van der Waals surface area contributed by atoms with Crippen LogP contribution in [0.2, 0.25) is 0 Å². The Bertz CT molecular complexity index is 1260. The molecule has 0 spiro atoms. The van der Waals surface area contributed by atoms with Crippen molar-refractivity contribution in [3.05, 3.63) is 69.9 Å². The summed E-state index contributed by atoms with van der Waals surface area (Å²) >= 11 is 1.55. The number of thiophene rings is 1. The highest BCUT2D eigenvalue weighted by Crippen LogP contribution is 2.38. The molecule has 1 aromatic heterocycles. The van der Waals surface area contributed by atoms with Crippen molar-refractivity contribution in [2.24, 2.45) is 10.8 Å². The van der Waals surface area contributed by atoms with Gasteiger partial charge in [-0.1, -0.05) is 12.1 Å². The smallest absolute Gasteiger partial charge is 0.281 e. The van der Waals surface area contributed by atoms with E-state index in [1.165, 1.54) is 24.3 Å². The summed E-state index contributed by atoms with van der Waals surface area (Å²) in [5.74, 6) is 0.731. The molecule has 2 N–H and O–H groups in total. The van der Waals surface area contributed by atoms with Crippen LogP contribution in [0.5, 0.6) is 23.0 Å². The molecule has 2 aromatic carbocycles. The van der Waals surface area contributed by atoms with Crippen LogP contribution in [0.25, 0.3) is 0 Å². The lowest BCUT2D eigenvalue weighted by Gasteiger charge is -2.23. The Labute approximate surface area is 206 Å². The molecule has 2 heterocycles.